The van der Waals surface area contributed by atoms with E-state index in [-0.39, 0.29) is 0 Å². The molecule has 1 fully saturated rings. The predicted octanol–water partition coefficient (Wildman–Crippen LogP) is 2.96. The molecule has 6 nitrogen and oxygen atoms in total. The number of para-hydroxylation sites is 1. The van der Waals surface area contributed by atoms with Gasteiger partial charge in [-0.2, -0.15) is 0 Å². The largest absolute Gasteiger partial charge is 0.473 e. The molecule has 0 spiro atoms. The number of benzene rings is 1. The summed E-state index contributed by atoms with van der Waals surface area (Å²) < 4.78 is 0. The molecule has 0 aliphatic carbocycles. The van der Waals surface area contributed by atoms with Gasteiger partial charge in [0.2, 0.25) is 0 Å². The second-order valence-corrected chi connectivity index (χ2v) is 6.44. The molecule has 2 aliphatic rings. The van der Waals surface area contributed by atoms with Gasteiger partial charge in [-0.3, -0.25) is 4.90 Å². The third kappa shape index (κ3) is 3.30. The smallest absolute Gasteiger partial charge is 0.414 e. The summed E-state index contributed by atoms with van der Waals surface area (Å²) in [6.07, 6.45) is 7.00. The van der Waals surface area contributed by atoms with Crippen LogP contribution in [0.3, 0.4) is 0 Å². The van der Waals surface area contributed by atoms with E-state index in [2.05, 4.69) is 40.7 Å². The van der Waals surface area contributed by atoms with E-state index in [9.17, 15) is 0 Å². The van der Waals surface area contributed by atoms with Gasteiger partial charge in [0.1, 0.15) is 0 Å². The molecule has 2 unspecified atom stereocenters. The molecule has 2 bridgehead atoms. The summed E-state index contributed by atoms with van der Waals surface area (Å²) in [7, 11) is 0. The Bertz CT molecular complexity index is 799. The number of rotatable bonds is 3. The van der Waals surface area contributed by atoms with Gasteiger partial charge in [0.25, 0.3) is 0 Å². The number of nitrogens with zero attached hydrogens (tertiary/aromatic N) is 1. The summed E-state index contributed by atoms with van der Waals surface area (Å²) in [4.78, 5) is 24.6. The predicted molar refractivity (Wildman–Crippen MR) is 94.6 cm³/mol. The molecule has 25 heavy (non-hydrogen) atoms. The van der Waals surface area contributed by atoms with E-state index in [1.807, 2.05) is 6.08 Å². The number of hydrogen-bond acceptors (Lipinski definition) is 3. The van der Waals surface area contributed by atoms with Crippen LogP contribution in [0.1, 0.15) is 36.6 Å². The third-order valence-electron chi connectivity index (χ3n) is 5.02. The summed E-state index contributed by atoms with van der Waals surface area (Å²) >= 11 is 0. The molecule has 1 aromatic carbocycles. The van der Waals surface area contributed by atoms with E-state index < -0.39 is 11.9 Å². The van der Waals surface area contributed by atoms with E-state index >= 15 is 0 Å². The summed E-state index contributed by atoms with van der Waals surface area (Å²) in [5, 5.41) is 16.2. The number of aromatic nitrogens is 1. The van der Waals surface area contributed by atoms with Crippen molar-refractivity contribution in [2.75, 3.05) is 6.54 Å². The molecule has 1 saturated heterocycles. The van der Waals surface area contributed by atoms with Crippen LogP contribution in [0.15, 0.2) is 36.9 Å². The number of hydrogen-bond donors (Lipinski definition) is 3. The molecule has 1 aromatic heterocycles. The SMILES string of the molecule is C=CCCN1C2CCC1c1c([nH]c3ccccc13)C2.O=C(O)C(=O)O. The van der Waals surface area contributed by atoms with E-state index in [0.717, 1.165) is 19.0 Å². The highest BCUT2D eigenvalue weighted by atomic mass is 16.4. The molecular weight excluding hydrogens is 320 g/mol. The Labute approximate surface area is 145 Å². The van der Waals surface area contributed by atoms with Gasteiger partial charge in [0.05, 0.1) is 0 Å². The normalized spacial score (nSPS) is 21.3. The van der Waals surface area contributed by atoms with E-state index in [4.69, 9.17) is 19.8 Å². The minimum atomic E-state index is -1.82. The molecular formula is C19H22N2O4. The van der Waals surface area contributed by atoms with Crippen LogP contribution >= 0.6 is 0 Å². The number of carboxylic acids is 2. The summed E-state index contributed by atoms with van der Waals surface area (Å²) in [5.74, 6) is -3.65. The van der Waals surface area contributed by atoms with Crippen molar-refractivity contribution in [3.63, 3.8) is 0 Å². The first kappa shape index (κ1) is 17.2. The van der Waals surface area contributed by atoms with Crippen molar-refractivity contribution >= 4 is 22.8 Å². The van der Waals surface area contributed by atoms with Crippen LogP contribution in [0.5, 0.6) is 0 Å². The van der Waals surface area contributed by atoms with Gasteiger partial charge in [0, 0.05) is 41.6 Å². The zero-order valence-electron chi connectivity index (χ0n) is 13.9. The molecule has 2 atom stereocenters. The molecule has 0 saturated carbocycles. The maximum atomic E-state index is 9.10. The van der Waals surface area contributed by atoms with Gasteiger partial charge in [-0.1, -0.05) is 24.3 Å². The lowest BCUT2D eigenvalue weighted by Gasteiger charge is -2.34. The zero-order valence-corrected chi connectivity index (χ0v) is 13.9. The Morgan fingerprint density at radius 1 is 1.24 bits per heavy atom. The molecule has 4 rings (SSSR count). The fourth-order valence-electron chi connectivity index (χ4n) is 4.04. The number of fused-ring (bicyclic) bond motifs is 6. The molecule has 0 amide bonds. The summed E-state index contributed by atoms with van der Waals surface area (Å²) in [5.41, 5.74) is 4.38. The molecule has 2 aliphatic heterocycles. The van der Waals surface area contributed by atoms with Crippen LogP contribution in [-0.2, 0) is 16.0 Å². The topological polar surface area (TPSA) is 93.6 Å². The molecule has 3 heterocycles. The third-order valence-corrected chi connectivity index (χ3v) is 5.02. The van der Waals surface area contributed by atoms with Crippen LogP contribution in [0.2, 0.25) is 0 Å². The summed E-state index contributed by atoms with van der Waals surface area (Å²) in [6.45, 7) is 5.03. The van der Waals surface area contributed by atoms with Gasteiger partial charge in [-0.25, -0.2) is 9.59 Å². The quantitative estimate of drug-likeness (QED) is 0.589. The van der Waals surface area contributed by atoms with Crippen molar-refractivity contribution in [1.29, 1.82) is 0 Å². The van der Waals surface area contributed by atoms with Crippen LogP contribution < -0.4 is 0 Å². The van der Waals surface area contributed by atoms with Crippen molar-refractivity contribution in [2.45, 2.75) is 37.8 Å². The van der Waals surface area contributed by atoms with Crippen molar-refractivity contribution in [2.24, 2.45) is 0 Å². The Kier molecular flexibility index (Phi) is 4.90. The Hall–Kier alpha value is -2.60. The Morgan fingerprint density at radius 2 is 1.96 bits per heavy atom. The number of aliphatic carboxylic acids is 2. The highest BCUT2D eigenvalue weighted by Crippen LogP contribution is 2.46. The van der Waals surface area contributed by atoms with E-state index in [1.54, 1.807) is 5.56 Å². The van der Waals surface area contributed by atoms with Crippen molar-refractivity contribution in [3.05, 3.63) is 48.2 Å². The monoisotopic (exact) mass is 342 g/mol. The average molecular weight is 342 g/mol. The van der Waals surface area contributed by atoms with Crippen LogP contribution in [-0.4, -0.2) is 44.6 Å². The maximum Gasteiger partial charge on any atom is 0.414 e. The van der Waals surface area contributed by atoms with Gasteiger partial charge >= 0.3 is 11.9 Å². The lowest BCUT2D eigenvalue weighted by Crippen LogP contribution is -2.37. The van der Waals surface area contributed by atoms with E-state index in [1.165, 1.54) is 35.9 Å². The molecule has 132 valence electrons. The maximum absolute atomic E-state index is 9.10. The second kappa shape index (κ2) is 7.11. The van der Waals surface area contributed by atoms with Crippen molar-refractivity contribution < 1.29 is 19.8 Å². The standard InChI is InChI=1S/C17H20N2.C2H2O4/c1-2-3-10-19-12-8-9-16(19)17-13-6-4-5-7-14(13)18-15(17)11-12;3-1(4)2(5)6/h2,4-7,12,16,18H,1,3,8-11H2;(H,3,4)(H,5,6). The van der Waals surface area contributed by atoms with E-state index in [0.29, 0.717) is 6.04 Å². The average Bonchev–Trinajstić information content (AvgIpc) is 3.09. The first-order valence-corrected chi connectivity index (χ1v) is 8.45. The van der Waals surface area contributed by atoms with Gasteiger partial charge < -0.3 is 15.2 Å². The highest BCUT2D eigenvalue weighted by molar-refractivity contribution is 6.27. The van der Waals surface area contributed by atoms with Gasteiger partial charge in [-0.15, -0.1) is 6.58 Å². The first-order chi connectivity index (χ1) is 12.0. The van der Waals surface area contributed by atoms with Crippen LogP contribution in [0.4, 0.5) is 0 Å². The van der Waals surface area contributed by atoms with Crippen molar-refractivity contribution in [3.8, 4) is 0 Å². The summed E-state index contributed by atoms with van der Waals surface area (Å²) in [6, 6.07) is 10.1. The minimum absolute atomic E-state index is 0.629. The zero-order chi connectivity index (χ0) is 18.0. The van der Waals surface area contributed by atoms with Crippen molar-refractivity contribution in [1.82, 2.24) is 9.88 Å². The fourth-order valence-corrected chi connectivity index (χ4v) is 4.04. The number of carbonyl (C=O) groups is 2. The number of carboxylic acid groups (broad SMARTS) is 2. The fraction of sp³-hybridized carbons (Fsp3) is 0.368. The minimum Gasteiger partial charge on any atom is -0.473 e. The number of H-pyrrole nitrogens is 1. The number of nitrogens with one attached hydrogen (secondary N) is 1. The highest BCUT2D eigenvalue weighted by Gasteiger charge is 2.40. The van der Waals surface area contributed by atoms with Crippen LogP contribution in [0.25, 0.3) is 10.9 Å². The Balaban J connectivity index is 0.000000265. The molecule has 6 heteroatoms. The molecule has 3 N–H and O–H groups in total. The molecule has 0 radical (unpaired) electrons. The second-order valence-electron chi connectivity index (χ2n) is 6.44. The van der Waals surface area contributed by atoms with Gasteiger partial charge in [-0.05, 0) is 30.9 Å². The van der Waals surface area contributed by atoms with Crippen LogP contribution in [0, 0.1) is 0 Å². The Morgan fingerprint density at radius 3 is 2.64 bits per heavy atom. The lowest BCUT2D eigenvalue weighted by molar-refractivity contribution is -0.159. The first-order valence-electron chi connectivity index (χ1n) is 8.45. The number of aromatic amines is 1. The molecule has 2 aromatic rings. The van der Waals surface area contributed by atoms with Gasteiger partial charge in [0.15, 0.2) is 0 Å². The lowest BCUT2D eigenvalue weighted by atomic mass is 9.97.